The molecule has 1 atom stereocenters. The first-order chi connectivity index (χ1) is 4.52. The van der Waals surface area contributed by atoms with Gasteiger partial charge in [-0.25, -0.2) is 0 Å². The highest BCUT2D eigenvalue weighted by Gasteiger charge is 2.02. The molecule has 10 heavy (non-hydrogen) atoms. The zero-order valence-corrected chi connectivity index (χ0v) is 7.65. The van der Waals surface area contributed by atoms with Crippen LogP contribution in [-0.2, 0) is 0 Å². The van der Waals surface area contributed by atoms with Crippen molar-refractivity contribution in [3.8, 4) is 0 Å². The highest BCUT2D eigenvalue weighted by atomic mass is 15.1. The van der Waals surface area contributed by atoms with Crippen LogP contribution < -0.4 is 0 Å². The Labute approximate surface area is 64.7 Å². The molecule has 0 aliphatic heterocycles. The van der Waals surface area contributed by atoms with Gasteiger partial charge in [0.05, 0.1) is 0 Å². The average molecular weight is 141 g/mol. The zero-order valence-electron chi connectivity index (χ0n) is 7.65. The summed E-state index contributed by atoms with van der Waals surface area (Å²) >= 11 is 0. The van der Waals surface area contributed by atoms with Gasteiger partial charge in [-0.15, -0.1) is 6.58 Å². The van der Waals surface area contributed by atoms with Crippen molar-refractivity contribution in [2.24, 2.45) is 5.92 Å². The molecule has 60 valence electrons. The fraction of sp³-hybridized carbons (Fsp3) is 0.778. The maximum Gasteiger partial charge on any atom is 0.000398 e. The van der Waals surface area contributed by atoms with Crippen molar-refractivity contribution in [1.82, 2.24) is 4.90 Å². The molecule has 0 rings (SSSR count). The van der Waals surface area contributed by atoms with Crippen LogP contribution in [0.3, 0.4) is 0 Å². The summed E-state index contributed by atoms with van der Waals surface area (Å²) in [6, 6.07) is 0. The lowest BCUT2D eigenvalue weighted by Gasteiger charge is -2.16. The van der Waals surface area contributed by atoms with Crippen LogP contribution in [0.25, 0.3) is 0 Å². The fourth-order valence-electron chi connectivity index (χ4n) is 1.28. The van der Waals surface area contributed by atoms with E-state index in [4.69, 9.17) is 0 Å². The average Bonchev–Trinajstić information content (AvgIpc) is 1.58. The first-order valence-electron chi connectivity index (χ1n) is 3.81. The van der Waals surface area contributed by atoms with E-state index >= 15 is 0 Å². The van der Waals surface area contributed by atoms with Gasteiger partial charge in [0.1, 0.15) is 0 Å². The molecule has 0 saturated heterocycles. The van der Waals surface area contributed by atoms with Crippen LogP contribution in [0, 0.1) is 5.92 Å². The second kappa shape index (κ2) is 4.51. The number of hydrogen-bond donors (Lipinski definition) is 0. The van der Waals surface area contributed by atoms with E-state index in [0.717, 1.165) is 18.9 Å². The Morgan fingerprint density at radius 3 is 2.30 bits per heavy atom. The molecular formula is C9H19N. The first-order valence-corrected chi connectivity index (χ1v) is 3.81. The summed E-state index contributed by atoms with van der Waals surface area (Å²) in [6.45, 7) is 9.39. The van der Waals surface area contributed by atoms with Crippen LogP contribution in [0.15, 0.2) is 12.2 Å². The number of nitrogens with zero attached hydrogens (tertiary/aromatic N) is 1. The van der Waals surface area contributed by atoms with Crippen molar-refractivity contribution in [3.05, 3.63) is 12.2 Å². The summed E-state index contributed by atoms with van der Waals surface area (Å²) in [4.78, 5) is 2.22. The monoisotopic (exact) mass is 141 g/mol. The van der Waals surface area contributed by atoms with Crippen LogP contribution in [0.2, 0.25) is 0 Å². The maximum atomic E-state index is 3.88. The molecule has 1 heteroatoms. The lowest BCUT2D eigenvalue weighted by Crippen LogP contribution is -2.19. The highest BCUT2D eigenvalue weighted by molar-refractivity contribution is 4.89. The van der Waals surface area contributed by atoms with Gasteiger partial charge in [0, 0.05) is 6.54 Å². The predicted molar refractivity (Wildman–Crippen MR) is 47.1 cm³/mol. The minimum Gasteiger partial charge on any atom is -0.309 e. The predicted octanol–water partition coefficient (Wildman–Crippen LogP) is 2.15. The third-order valence-electron chi connectivity index (χ3n) is 1.37. The zero-order chi connectivity index (χ0) is 8.15. The van der Waals surface area contributed by atoms with E-state index in [9.17, 15) is 0 Å². The van der Waals surface area contributed by atoms with Crippen molar-refractivity contribution < 1.29 is 0 Å². The van der Waals surface area contributed by atoms with Crippen molar-refractivity contribution in [2.45, 2.75) is 20.3 Å². The maximum absolute atomic E-state index is 3.88. The molecule has 0 saturated carbocycles. The Balaban J connectivity index is 3.43. The van der Waals surface area contributed by atoms with Crippen LogP contribution in [0.5, 0.6) is 0 Å². The molecule has 0 aromatic heterocycles. The molecule has 0 aromatic carbocycles. The Morgan fingerprint density at radius 1 is 1.50 bits per heavy atom. The number of hydrogen-bond acceptors (Lipinski definition) is 1. The quantitative estimate of drug-likeness (QED) is 0.542. The summed E-state index contributed by atoms with van der Waals surface area (Å²) in [6.07, 6.45) is 1.15. The minimum absolute atomic E-state index is 0.743. The fourth-order valence-corrected chi connectivity index (χ4v) is 1.28. The molecule has 0 bridgehead atoms. The largest absolute Gasteiger partial charge is 0.309 e. The van der Waals surface area contributed by atoms with Crippen molar-refractivity contribution in [3.63, 3.8) is 0 Å². The lowest BCUT2D eigenvalue weighted by molar-refractivity contribution is 0.338. The van der Waals surface area contributed by atoms with Gasteiger partial charge in [-0.3, -0.25) is 0 Å². The van der Waals surface area contributed by atoms with E-state index in [0.29, 0.717) is 0 Å². The third-order valence-corrected chi connectivity index (χ3v) is 1.37. The van der Waals surface area contributed by atoms with Gasteiger partial charge in [-0.1, -0.05) is 12.5 Å². The van der Waals surface area contributed by atoms with Crippen LogP contribution in [-0.4, -0.2) is 25.5 Å². The number of allylic oxidation sites excluding steroid dienone is 1. The van der Waals surface area contributed by atoms with Crippen molar-refractivity contribution in [2.75, 3.05) is 20.6 Å². The van der Waals surface area contributed by atoms with Gasteiger partial charge in [-0.2, -0.15) is 0 Å². The normalized spacial score (nSPS) is 13.7. The summed E-state index contributed by atoms with van der Waals surface area (Å²) in [5, 5.41) is 0. The smallest absolute Gasteiger partial charge is 0.000398 e. The van der Waals surface area contributed by atoms with E-state index in [1.807, 2.05) is 0 Å². The van der Waals surface area contributed by atoms with Gasteiger partial charge < -0.3 is 4.90 Å². The summed E-state index contributed by atoms with van der Waals surface area (Å²) in [5.74, 6) is 0.743. The van der Waals surface area contributed by atoms with E-state index in [2.05, 4.69) is 39.4 Å². The van der Waals surface area contributed by atoms with E-state index in [1.165, 1.54) is 5.57 Å². The Kier molecular flexibility index (Phi) is 4.37. The van der Waals surface area contributed by atoms with Gasteiger partial charge in [0.25, 0.3) is 0 Å². The molecular weight excluding hydrogens is 122 g/mol. The van der Waals surface area contributed by atoms with E-state index < -0.39 is 0 Å². The molecule has 0 amide bonds. The highest BCUT2D eigenvalue weighted by Crippen LogP contribution is 2.08. The molecule has 1 unspecified atom stereocenters. The van der Waals surface area contributed by atoms with Crippen LogP contribution in [0.4, 0.5) is 0 Å². The third kappa shape index (κ3) is 5.83. The summed E-state index contributed by atoms with van der Waals surface area (Å²) in [5.41, 5.74) is 1.29. The second-order valence-electron chi connectivity index (χ2n) is 3.53. The Bertz CT molecular complexity index is 105. The van der Waals surface area contributed by atoms with Gasteiger partial charge >= 0.3 is 0 Å². The minimum atomic E-state index is 0.743. The lowest BCUT2D eigenvalue weighted by atomic mass is 10.0. The van der Waals surface area contributed by atoms with Crippen LogP contribution >= 0.6 is 0 Å². The molecule has 0 heterocycles. The van der Waals surface area contributed by atoms with E-state index in [1.54, 1.807) is 0 Å². The standard InChI is InChI=1S/C9H19N/c1-8(2)6-9(3)7-10(4)5/h9H,1,6-7H2,2-5H3. The summed E-state index contributed by atoms with van der Waals surface area (Å²) in [7, 11) is 4.21. The first kappa shape index (κ1) is 9.70. The Hall–Kier alpha value is -0.300. The molecule has 0 aliphatic rings. The van der Waals surface area contributed by atoms with E-state index in [-0.39, 0.29) is 0 Å². The molecule has 0 radical (unpaired) electrons. The molecule has 0 aliphatic carbocycles. The molecule has 0 fully saturated rings. The summed E-state index contributed by atoms with van der Waals surface area (Å²) < 4.78 is 0. The molecule has 0 spiro atoms. The Morgan fingerprint density at radius 2 is 2.00 bits per heavy atom. The van der Waals surface area contributed by atoms with Crippen molar-refractivity contribution >= 4 is 0 Å². The molecule has 1 nitrogen and oxygen atoms in total. The SMILES string of the molecule is C=C(C)CC(C)CN(C)C. The van der Waals surface area contributed by atoms with Crippen LogP contribution in [0.1, 0.15) is 20.3 Å². The van der Waals surface area contributed by atoms with Crippen molar-refractivity contribution in [1.29, 1.82) is 0 Å². The molecule has 0 aromatic rings. The van der Waals surface area contributed by atoms with Gasteiger partial charge in [-0.05, 0) is 33.4 Å². The number of rotatable bonds is 4. The second-order valence-corrected chi connectivity index (χ2v) is 3.53. The molecule has 0 N–H and O–H groups in total. The topological polar surface area (TPSA) is 3.24 Å². The van der Waals surface area contributed by atoms with Gasteiger partial charge in [0.2, 0.25) is 0 Å². The van der Waals surface area contributed by atoms with Gasteiger partial charge in [0.15, 0.2) is 0 Å².